The minimum absolute atomic E-state index is 0.0629. The Morgan fingerprint density at radius 3 is 2.84 bits per heavy atom. The summed E-state index contributed by atoms with van der Waals surface area (Å²) in [6, 6.07) is 3.33. The first kappa shape index (κ1) is 12.2. The first-order chi connectivity index (χ1) is 9.16. The van der Waals surface area contributed by atoms with E-state index in [0.29, 0.717) is 46.3 Å². The van der Waals surface area contributed by atoms with Crippen molar-refractivity contribution in [2.75, 3.05) is 18.9 Å². The largest absolute Gasteiger partial charge is 0.506 e. The van der Waals surface area contributed by atoms with Gasteiger partial charge in [-0.2, -0.15) is 5.10 Å². The van der Waals surface area contributed by atoms with Gasteiger partial charge in [0.1, 0.15) is 11.6 Å². The summed E-state index contributed by atoms with van der Waals surface area (Å²) in [5.41, 5.74) is 6.68. The molecule has 0 amide bonds. The lowest BCUT2D eigenvalue weighted by Crippen LogP contribution is -1.98. The molecule has 4 N–H and O–H groups in total. The van der Waals surface area contributed by atoms with Crippen LogP contribution in [0.15, 0.2) is 16.6 Å². The predicted molar refractivity (Wildman–Crippen MR) is 73.4 cm³/mol. The van der Waals surface area contributed by atoms with E-state index in [1.807, 2.05) is 0 Å². The Balaban J connectivity index is 2.24. The molecule has 2 aromatic rings. The van der Waals surface area contributed by atoms with E-state index in [1.54, 1.807) is 12.1 Å². The average molecular weight is 326 g/mol. The van der Waals surface area contributed by atoms with E-state index >= 15 is 0 Å². The Morgan fingerprint density at radius 1 is 1.32 bits per heavy atom. The van der Waals surface area contributed by atoms with Gasteiger partial charge in [0.25, 0.3) is 0 Å². The summed E-state index contributed by atoms with van der Waals surface area (Å²) in [6.07, 6.45) is 0.789. The highest BCUT2D eigenvalue weighted by Gasteiger charge is 2.23. The topological polar surface area (TPSA) is 93.4 Å². The number of phenolic OH excluding ortho intramolecular Hbond substituents is 1. The highest BCUT2D eigenvalue weighted by Crippen LogP contribution is 2.48. The van der Waals surface area contributed by atoms with Crippen LogP contribution in [0.5, 0.6) is 17.2 Å². The second-order valence-corrected chi connectivity index (χ2v) is 5.02. The number of hydrogen-bond acceptors (Lipinski definition) is 5. The zero-order valence-electron chi connectivity index (χ0n) is 9.94. The Bertz CT molecular complexity index is 627. The number of hydrogen-bond donors (Lipinski definition) is 3. The molecular formula is C12H12BrN3O3. The fourth-order valence-corrected chi connectivity index (χ4v) is 2.39. The van der Waals surface area contributed by atoms with E-state index in [1.165, 1.54) is 0 Å². The predicted octanol–water partition coefficient (Wildman–Crippen LogP) is 2.29. The number of phenols is 1. The number of nitrogens with zero attached hydrogens (tertiary/aromatic N) is 1. The molecule has 19 heavy (non-hydrogen) atoms. The van der Waals surface area contributed by atoms with Crippen LogP contribution < -0.4 is 15.2 Å². The molecule has 0 fully saturated rings. The van der Waals surface area contributed by atoms with E-state index in [2.05, 4.69) is 26.1 Å². The molecule has 7 heteroatoms. The molecule has 3 rings (SSSR count). The minimum atomic E-state index is 0.0629. The monoisotopic (exact) mass is 325 g/mol. The Kier molecular flexibility index (Phi) is 2.98. The second kappa shape index (κ2) is 4.65. The van der Waals surface area contributed by atoms with Gasteiger partial charge in [-0.15, -0.1) is 0 Å². The van der Waals surface area contributed by atoms with Gasteiger partial charge in [0.2, 0.25) is 0 Å². The third kappa shape index (κ3) is 2.10. The molecule has 6 nitrogen and oxygen atoms in total. The molecule has 100 valence electrons. The van der Waals surface area contributed by atoms with Crippen molar-refractivity contribution < 1.29 is 14.6 Å². The van der Waals surface area contributed by atoms with Crippen LogP contribution in [-0.4, -0.2) is 28.5 Å². The Hall–Kier alpha value is -1.89. The minimum Gasteiger partial charge on any atom is -0.506 e. The van der Waals surface area contributed by atoms with Gasteiger partial charge in [0.15, 0.2) is 11.5 Å². The Morgan fingerprint density at radius 2 is 2.11 bits per heavy atom. The van der Waals surface area contributed by atoms with Gasteiger partial charge in [0.05, 0.1) is 28.9 Å². The number of nitrogen functional groups attached to an aromatic ring is 1. The van der Waals surface area contributed by atoms with Crippen molar-refractivity contribution >= 4 is 21.7 Å². The maximum absolute atomic E-state index is 10.2. The van der Waals surface area contributed by atoms with Crippen LogP contribution in [0, 0.1) is 0 Å². The van der Waals surface area contributed by atoms with Crippen molar-refractivity contribution in [3.63, 3.8) is 0 Å². The molecule has 2 heterocycles. The molecule has 1 aromatic carbocycles. The van der Waals surface area contributed by atoms with E-state index in [9.17, 15) is 5.11 Å². The van der Waals surface area contributed by atoms with Crippen LogP contribution >= 0.6 is 15.9 Å². The first-order valence-corrected chi connectivity index (χ1v) is 6.58. The zero-order valence-corrected chi connectivity index (χ0v) is 11.5. The van der Waals surface area contributed by atoms with Gasteiger partial charge < -0.3 is 20.3 Å². The van der Waals surface area contributed by atoms with Crippen LogP contribution in [0.3, 0.4) is 0 Å². The number of rotatable bonds is 1. The highest BCUT2D eigenvalue weighted by atomic mass is 79.9. The molecule has 0 bridgehead atoms. The molecule has 0 saturated carbocycles. The van der Waals surface area contributed by atoms with Gasteiger partial charge in [-0.05, 0) is 15.9 Å². The van der Waals surface area contributed by atoms with Gasteiger partial charge in [-0.3, -0.25) is 5.10 Å². The highest BCUT2D eigenvalue weighted by molar-refractivity contribution is 9.10. The van der Waals surface area contributed by atoms with Crippen molar-refractivity contribution in [3.8, 4) is 28.5 Å². The first-order valence-electron chi connectivity index (χ1n) is 5.79. The molecular weight excluding hydrogens is 314 g/mol. The van der Waals surface area contributed by atoms with E-state index in [-0.39, 0.29) is 5.75 Å². The number of anilines is 1. The van der Waals surface area contributed by atoms with Crippen molar-refractivity contribution in [3.05, 3.63) is 16.6 Å². The number of aromatic hydroxyl groups is 1. The van der Waals surface area contributed by atoms with E-state index in [0.717, 1.165) is 6.42 Å². The summed E-state index contributed by atoms with van der Waals surface area (Å²) in [4.78, 5) is 0. The number of aromatic amines is 1. The average Bonchev–Trinajstić information content (AvgIpc) is 2.67. The molecule has 1 aliphatic heterocycles. The van der Waals surface area contributed by atoms with Crippen LogP contribution in [0.2, 0.25) is 0 Å². The molecule has 1 aromatic heterocycles. The summed E-state index contributed by atoms with van der Waals surface area (Å²) < 4.78 is 11.8. The Labute approximate surface area is 117 Å². The lowest BCUT2D eigenvalue weighted by atomic mass is 10.1. The number of H-pyrrole nitrogens is 1. The zero-order chi connectivity index (χ0) is 13.4. The summed E-state index contributed by atoms with van der Waals surface area (Å²) in [6.45, 7) is 1.11. The van der Waals surface area contributed by atoms with Gasteiger partial charge in [0, 0.05) is 18.6 Å². The van der Waals surface area contributed by atoms with Crippen molar-refractivity contribution in [1.82, 2.24) is 10.2 Å². The third-order valence-electron chi connectivity index (χ3n) is 2.83. The molecule has 0 saturated heterocycles. The van der Waals surface area contributed by atoms with Crippen LogP contribution in [0.4, 0.5) is 5.82 Å². The molecule has 0 unspecified atom stereocenters. The number of benzene rings is 1. The van der Waals surface area contributed by atoms with E-state index in [4.69, 9.17) is 15.2 Å². The fraction of sp³-hybridized carbons (Fsp3) is 0.250. The van der Waals surface area contributed by atoms with Gasteiger partial charge in [-0.25, -0.2) is 0 Å². The number of ether oxygens (including phenoxy) is 2. The van der Waals surface area contributed by atoms with Gasteiger partial charge >= 0.3 is 0 Å². The summed E-state index contributed by atoms with van der Waals surface area (Å²) in [5, 5.41) is 16.9. The van der Waals surface area contributed by atoms with Crippen molar-refractivity contribution in [2.24, 2.45) is 0 Å². The number of aromatic nitrogens is 2. The van der Waals surface area contributed by atoms with Gasteiger partial charge in [-0.1, -0.05) is 0 Å². The lowest BCUT2D eigenvalue weighted by molar-refractivity contribution is 0.297. The summed E-state index contributed by atoms with van der Waals surface area (Å²) in [5.74, 6) is 1.50. The second-order valence-electron chi connectivity index (χ2n) is 4.17. The lowest BCUT2D eigenvalue weighted by Gasteiger charge is -2.14. The third-order valence-corrected chi connectivity index (χ3v) is 3.44. The number of nitrogens with two attached hydrogens (primary N) is 1. The van der Waals surface area contributed by atoms with Crippen molar-refractivity contribution in [1.29, 1.82) is 0 Å². The molecule has 0 aliphatic carbocycles. The normalized spacial score (nSPS) is 14.2. The smallest absolute Gasteiger partial charge is 0.174 e. The number of nitrogens with one attached hydrogen (secondary N) is 1. The van der Waals surface area contributed by atoms with Crippen LogP contribution in [0.1, 0.15) is 6.42 Å². The summed E-state index contributed by atoms with van der Waals surface area (Å²) in [7, 11) is 0. The van der Waals surface area contributed by atoms with Crippen molar-refractivity contribution in [2.45, 2.75) is 6.42 Å². The van der Waals surface area contributed by atoms with Crippen LogP contribution in [0.25, 0.3) is 11.3 Å². The fourth-order valence-electron chi connectivity index (χ4n) is 1.98. The molecule has 0 atom stereocenters. The molecule has 1 aliphatic rings. The molecule has 0 spiro atoms. The SMILES string of the molecule is Nc1cc(-c2c(O)c(Br)cc3c2OCCCO3)[nH]n1. The maximum Gasteiger partial charge on any atom is 0.174 e. The standard InChI is InChI=1S/C12H12BrN3O3/c13-6-4-8-12(19-3-1-2-18-8)10(11(6)17)7-5-9(14)16-15-7/h4-5,17H,1-3H2,(H3,14,15,16). The number of halogens is 1. The van der Waals surface area contributed by atoms with E-state index < -0.39 is 0 Å². The molecule has 0 radical (unpaired) electrons. The maximum atomic E-state index is 10.2. The quantitative estimate of drug-likeness (QED) is 0.748. The number of fused-ring (bicyclic) bond motifs is 1. The van der Waals surface area contributed by atoms with Crippen LogP contribution in [-0.2, 0) is 0 Å². The summed E-state index contributed by atoms with van der Waals surface area (Å²) >= 11 is 3.30.